The van der Waals surface area contributed by atoms with Crippen LogP contribution in [0.25, 0.3) is 0 Å². The molecule has 1 heterocycles. The largest absolute Gasteiger partial charge is 0.392 e. The standard InChI is InChI=1S/C13H18N2O4S/c1-9(16)8-14(2)20(18,19)11-4-5-12-10(6-11)7-13(17)15(12)3/h4-6,9,16H,7-8H2,1-3H3. The molecule has 1 aromatic rings. The normalized spacial score (nSPS) is 16.6. The van der Waals surface area contributed by atoms with Crippen LogP contribution < -0.4 is 4.90 Å². The van der Waals surface area contributed by atoms with Gasteiger partial charge in [-0.05, 0) is 30.7 Å². The molecule has 1 unspecified atom stereocenters. The van der Waals surface area contributed by atoms with E-state index >= 15 is 0 Å². The number of amides is 1. The Hall–Kier alpha value is -1.44. The third kappa shape index (κ3) is 2.56. The van der Waals surface area contributed by atoms with E-state index < -0.39 is 16.1 Å². The number of likely N-dealkylation sites (N-methyl/N-ethyl adjacent to an activating group) is 2. The highest BCUT2D eigenvalue weighted by atomic mass is 32.2. The van der Waals surface area contributed by atoms with E-state index in [4.69, 9.17) is 0 Å². The molecule has 1 N–H and O–H groups in total. The minimum Gasteiger partial charge on any atom is -0.392 e. The zero-order chi connectivity index (χ0) is 15.1. The van der Waals surface area contributed by atoms with Crippen LogP contribution in [0.15, 0.2) is 23.1 Å². The van der Waals surface area contributed by atoms with Gasteiger partial charge in [-0.15, -0.1) is 0 Å². The van der Waals surface area contributed by atoms with E-state index in [0.717, 1.165) is 9.99 Å². The lowest BCUT2D eigenvalue weighted by atomic mass is 10.2. The Kier molecular flexibility index (Phi) is 3.86. The van der Waals surface area contributed by atoms with E-state index in [1.807, 2.05) is 0 Å². The second-order valence-corrected chi connectivity index (χ2v) is 7.10. The summed E-state index contributed by atoms with van der Waals surface area (Å²) in [5.74, 6) is -0.0492. The Bertz CT molecular complexity index is 640. The van der Waals surface area contributed by atoms with E-state index in [0.29, 0.717) is 5.56 Å². The molecule has 1 aliphatic heterocycles. The summed E-state index contributed by atoms with van der Waals surface area (Å²) in [5, 5.41) is 9.30. The van der Waals surface area contributed by atoms with Crippen LogP contribution in [0.2, 0.25) is 0 Å². The summed E-state index contributed by atoms with van der Waals surface area (Å²) in [6.07, 6.45) is -0.521. The molecule has 1 atom stereocenters. The topological polar surface area (TPSA) is 77.9 Å². The van der Waals surface area contributed by atoms with Gasteiger partial charge in [-0.1, -0.05) is 0 Å². The molecule has 0 bridgehead atoms. The maximum atomic E-state index is 12.3. The number of aliphatic hydroxyl groups is 1. The van der Waals surface area contributed by atoms with Crippen LogP contribution in [0.5, 0.6) is 0 Å². The molecule has 20 heavy (non-hydrogen) atoms. The molecule has 2 rings (SSSR count). The molecule has 1 aromatic carbocycles. The first kappa shape index (κ1) is 15.0. The number of rotatable bonds is 4. The predicted octanol–water partition coefficient (Wildman–Crippen LogP) is 0.207. The van der Waals surface area contributed by atoms with Gasteiger partial charge in [0.25, 0.3) is 0 Å². The van der Waals surface area contributed by atoms with Crippen LogP contribution in [0.1, 0.15) is 12.5 Å². The van der Waals surface area contributed by atoms with Gasteiger partial charge in [0.15, 0.2) is 0 Å². The molecule has 1 aliphatic rings. The number of anilines is 1. The van der Waals surface area contributed by atoms with Crippen molar-refractivity contribution < 1.29 is 18.3 Å². The number of carbonyl (C=O) groups is 1. The lowest BCUT2D eigenvalue weighted by Gasteiger charge is -2.19. The fourth-order valence-corrected chi connectivity index (χ4v) is 3.56. The average molecular weight is 298 g/mol. The average Bonchev–Trinajstić information content (AvgIpc) is 2.63. The van der Waals surface area contributed by atoms with Crippen LogP contribution in [-0.4, -0.2) is 50.5 Å². The molecule has 1 amide bonds. The van der Waals surface area contributed by atoms with Gasteiger partial charge in [-0.2, -0.15) is 4.31 Å². The van der Waals surface area contributed by atoms with Crippen molar-refractivity contribution >= 4 is 21.6 Å². The zero-order valence-corrected chi connectivity index (χ0v) is 12.5. The Balaban J connectivity index is 2.36. The summed E-state index contributed by atoms with van der Waals surface area (Å²) in [5.41, 5.74) is 1.45. The summed E-state index contributed by atoms with van der Waals surface area (Å²) < 4.78 is 25.8. The molecule has 0 aliphatic carbocycles. The van der Waals surface area contributed by atoms with Gasteiger partial charge in [0.05, 0.1) is 17.4 Å². The fourth-order valence-electron chi connectivity index (χ4n) is 2.26. The smallest absolute Gasteiger partial charge is 0.242 e. The predicted molar refractivity (Wildman–Crippen MR) is 75.1 cm³/mol. The maximum Gasteiger partial charge on any atom is 0.242 e. The maximum absolute atomic E-state index is 12.3. The number of hydrogen-bond acceptors (Lipinski definition) is 4. The number of hydrogen-bond donors (Lipinski definition) is 1. The minimum absolute atomic E-state index is 0.0260. The van der Waals surface area contributed by atoms with Crippen molar-refractivity contribution in [3.8, 4) is 0 Å². The molecule has 0 fully saturated rings. The van der Waals surface area contributed by atoms with Crippen molar-refractivity contribution in [3.63, 3.8) is 0 Å². The molecule has 0 saturated carbocycles. The van der Waals surface area contributed by atoms with Gasteiger partial charge in [-0.3, -0.25) is 4.79 Å². The quantitative estimate of drug-likeness (QED) is 0.862. The molecule has 0 aromatic heterocycles. The Morgan fingerprint density at radius 2 is 2.10 bits per heavy atom. The van der Waals surface area contributed by atoms with Crippen LogP contribution in [0.4, 0.5) is 5.69 Å². The molecule has 0 radical (unpaired) electrons. The summed E-state index contributed by atoms with van der Waals surface area (Å²) >= 11 is 0. The van der Waals surface area contributed by atoms with Gasteiger partial charge in [0, 0.05) is 26.3 Å². The van der Waals surface area contributed by atoms with Crippen LogP contribution in [0.3, 0.4) is 0 Å². The first-order valence-electron chi connectivity index (χ1n) is 6.27. The van der Waals surface area contributed by atoms with E-state index in [9.17, 15) is 18.3 Å². The van der Waals surface area contributed by atoms with Gasteiger partial charge in [-0.25, -0.2) is 8.42 Å². The zero-order valence-electron chi connectivity index (χ0n) is 11.7. The second kappa shape index (κ2) is 5.16. The number of sulfonamides is 1. The second-order valence-electron chi connectivity index (χ2n) is 5.05. The number of benzene rings is 1. The van der Waals surface area contributed by atoms with E-state index in [-0.39, 0.29) is 23.8 Å². The lowest BCUT2D eigenvalue weighted by Crippen LogP contribution is -2.33. The first-order valence-corrected chi connectivity index (χ1v) is 7.71. The molecular formula is C13H18N2O4S. The van der Waals surface area contributed by atoms with E-state index in [1.54, 1.807) is 13.1 Å². The highest BCUT2D eigenvalue weighted by Gasteiger charge is 2.28. The Morgan fingerprint density at radius 3 is 2.70 bits per heavy atom. The van der Waals surface area contributed by atoms with Gasteiger partial charge < -0.3 is 10.0 Å². The van der Waals surface area contributed by atoms with Gasteiger partial charge in [0.2, 0.25) is 15.9 Å². The molecule has 110 valence electrons. The highest BCUT2D eigenvalue weighted by Crippen LogP contribution is 2.30. The van der Waals surface area contributed by atoms with Crippen LogP contribution in [-0.2, 0) is 21.2 Å². The van der Waals surface area contributed by atoms with E-state index in [2.05, 4.69) is 0 Å². The van der Waals surface area contributed by atoms with Crippen molar-refractivity contribution in [1.29, 1.82) is 0 Å². The fraction of sp³-hybridized carbons (Fsp3) is 0.462. The third-order valence-electron chi connectivity index (χ3n) is 3.36. The Labute approximate surface area is 118 Å². The number of nitrogens with zero attached hydrogens (tertiary/aromatic N) is 2. The summed E-state index contributed by atoms with van der Waals surface area (Å²) in [7, 11) is -0.555. The third-order valence-corrected chi connectivity index (χ3v) is 5.18. The molecular weight excluding hydrogens is 280 g/mol. The van der Waals surface area contributed by atoms with E-state index in [1.165, 1.54) is 31.0 Å². The van der Waals surface area contributed by atoms with Crippen LogP contribution >= 0.6 is 0 Å². The molecule has 0 spiro atoms. The SMILES string of the molecule is CC(O)CN(C)S(=O)(=O)c1ccc2c(c1)CC(=O)N2C. The summed E-state index contributed by atoms with van der Waals surface area (Å²) in [6, 6.07) is 4.66. The highest BCUT2D eigenvalue weighted by molar-refractivity contribution is 7.89. The lowest BCUT2D eigenvalue weighted by molar-refractivity contribution is -0.117. The van der Waals surface area contributed by atoms with Crippen molar-refractivity contribution in [1.82, 2.24) is 4.31 Å². The van der Waals surface area contributed by atoms with Gasteiger partial charge in [0.1, 0.15) is 0 Å². The molecule has 6 nitrogen and oxygen atoms in total. The van der Waals surface area contributed by atoms with Gasteiger partial charge >= 0.3 is 0 Å². The van der Waals surface area contributed by atoms with Crippen molar-refractivity contribution in [3.05, 3.63) is 23.8 Å². The van der Waals surface area contributed by atoms with Crippen molar-refractivity contribution in [2.45, 2.75) is 24.3 Å². The monoisotopic (exact) mass is 298 g/mol. The number of aliphatic hydroxyl groups excluding tert-OH is 1. The number of carbonyl (C=O) groups excluding carboxylic acids is 1. The summed E-state index contributed by atoms with van der Waals surface area (Å²) in [6.45, 7) is 1.56. The van der Waals surface area contributed by atoms with Crippen molar-refractivity contribution in [2.24, 2.45) is 0 Å². The summed E-state index contributed by atoms with van der Waals surface area (Å²) in [4.78, 5) is 13.3. The molecule has 7 heteroatoms. The first-order chi connectivity index (χ1) is 9.23. The Morgan fingerprint density at radius 1 is 1.45 bits per heavy atom. The minimum atomic E-state index is -3.65. The van der Waals surface area contributed by atoms with Crippen molar-refractivity contribution in [2.75, 3.05) is 25.5 Å². The van der Waals surface area contributed by atoms with Crippen LogP contribution in [0, 0.1) is 0 Å². The number of fused-ring (bicyclic) bond motifs is 1. The molecule has 0 saturated heterocycles.